The number of carbonyl (C=O) groups is 2. The van der Waals surface area contributed by atoms with Gasteiger partial charge in [0.25, 0.3) is 0 Å². The van der Waals surface area contributed by atoms with Crippen molar-refractivity contribution in [1.29, 1.82) is 0 Å². The molecule has 2 amide bonds. The van der Waals surface area contributed by atoms with E-state index in [0.29, 0.717) is 49.3 Å². The summed E-state index contributed by atoms with van der Waals surface area (Å²) in [5.74, 6) is 4.86. The summed E-state index contributed by atoms with van der Waals surface area (Å²) in [6, 6.07) is 0. The fourth-order valence-corrected chi connectivity index (χ4v) is 10.5. The van der Waals surface area contributed by atoms with Crippen molar-refractivity contribution in [2.45, 2.75) is 116 Å². The summed E-state index contributed by atoms with van der Waals surface area (Å²) in [6.07, 6.45) is 14.9. The molecule has 6 nitrogen and oxygen atoms in total. The first-order chi connectivity index (χ1) is 18.2. The maximum atomic E-state index is 13.1. The summed E-state index contributed by atoms with van der Waals surface area (Å²) in [5.41, 5.74) is 0.868. The molecule has 1 saturated heterocycles. The highest BCUT2D eigenvalue weighted by atomic mass is 16.6. The van der Waals surface area contributed by atoms with Crippen LogP contribution < -0.4 is 0 Å². The maximum absolute atomic E-state index is 13.1. The lowest BCUT2D eigenvalue weighted by Gasteiger charge is -2.61. The Balaban J connectivity index is 1.01. The minimum Gasteiger partial charge on any atom is -0.446 e. The molecule has 1 heterocycles. The van der Waals surface area contributed by atoms with Gasteiger partial charge >= 0.3 is 6.09 Å². The van der Waals surface area contributed by atoms with Crippen LogP contribution in [0, 0.1) is 46.3 Å². The third kappa shape index (κ3) is 4.79. The number of amides is 2. The molecule has 6 aliphatic rings. The number of hydrogen-bond acceptors (Lipinski definition) is 4. The van der Waals surface area contributed by atoms with Crippen LogP contribution in [-0.4, -0.2) is 65.3 Å². The van der Waals surface area contributed by atoms with Crippen LogP contribution in [0.25, 0.3) is 0 Å². The van der Waals surface area contributed by atoms with Crippen molar-refractivity contribution in [3.05, 3.63) is 0 Å². The van der Waals surface area contributed by atoms with E-state index >= 15 is 0 Å². The van der Waals surface area contributed by atoms with Gasteiger partial charge < -0.3 is 19.6 Å². The molecule has 0 unspecified atom stereocenters. The van der Waals surface area contributed by atoms with Crippen LogP contribution in [0.3, 0.4) is 0 Å². The standard InChI is InChI=1S/C32H52N2O4/c1-21(4-11-29(36)33-16-18-34(19-17-33)30(37)38-24-6-7-24)26-9-10-27-25-8-5-22-20-23(35)12-14-31(22,2)28(25)13-15-32(26,27)3/h21-28,35H,4-20H2,1-3H3/t21-,22+,23+,25+,26-,27+,28+,31+,32-/m1/s1. The zero-order valence-electron chi connectivity index (χ0n) is 24.2. The first kappa shape index (κ1) is 26.9. The lowest BCUT2D eigenvalue weighted by molar-refractivity contribution is -0.134. The van der Waals surface area contributed by atoms with Crippen LogP contribution >= 0.6 is 0 Å². The number of piperazine rings is 1. The van der Waals surface area contributed by atoms with Gasteiger partial charge in [0.1, 0.15) is 6.10 Å². The molecule has 0 aromatic rings. The number of aliphatic hydroxyl groups excluding tert-OH is 1. The van der Waals surface area contributed by atoms with E-state index in [1.54, 1.807) is 4.90 Å². The molecule has 0 aromatic carbocycles. The van der Waals surface area contributed by atoms with Crippen LogP contribution in [0.1, 0.15) is 104 Å². The summed E-state index contributed by atoms with van der Waals surface area (Å²) in [4.78, 5) is 29.0. The molecule has 5 aliphatic carbocycles. The number of hydrogen-bond donors (Lipinski definition) is 1. The van der Waals surface area contributed by atoms with Crippen molar-refractivity contribution in [2.24, 2.45) is 46.3 Å². The van der Waals surface area contributed by atoms with Gasteiger partial charge in [-0.2, -0.15) is 0 Å². The number of fused-ring (bicyclic) bond motifs is 5. The number of aliphatic hydroxyl groups is 1. The third-order valence-corrected chi connectivity index (χ3v) is 12.9. The molecule has 1 N–H and O–H groups in total. The van der Waals surface area contributed by atoms with Crippen LogP contribution in [0.2, 0.25) is 0 Å². The molecule has 5 saturated carbocycles. The number of nitrogens with zero attached hydrogens (tertiary/aromatic N) is 2. The highest BCUT2D eigenvalue weighted by Crippen LogP contribution is 2.68. The van der Waals surface area contributed by atoms with Gasteiger partial charge in [0.2, 0.25) is 5.91 Å². The predicted octanol–water partition coefficient (Wildman–Crippen LogP) is 5.87. The number of rotatable bonds is 5. The van der Waals surface area contributed by atoms with Gasteiger partial charge in [-0.25, -0.2) is 4.79 Å². The van der Waals surface area contributed by atoms with E-state index in [1.165, 1.54) is 44.9 Å². The summed E-state index contributed by atoms with van der Waals surface area (Å²) < 4.78 is 5.43. The highest BCUT2D eigenvalue weighted by molar-refractivity contribution is 5.76. The Bertz CT molecular complexity index is 898. The molecule has 1 aliphatic heterocycles. The molecule has 9 atom stereocenters. The fraction of sp³-hybridized carbons (Fsp3) is 0.938. The Morgan fingerprint density at radius 3 is 2.29 bits per heavy atom. The SMILES string of the molecule is C[C@H](CCC(=O)N1CCN(C(=O)OC2CC2)CC1)[C@H]1CC[C@H]2[C@@H]3CC[C@H]4C[C@@H](O)CC[C@]4(C)[C@H]3CC[C@]12C. The van der Waals surface area contributed by atoms with Crippen LogP contribution in [0.5, 0.6) is 0 Å². The Hall–Kier alpha value is -1.30. The molecule has 214 valence electrons. The summed E-state index contributed by atoms with van der Waals surface area (Å²) in [7, 11) is 0. The second-order valence-electron chi connectivity index (χ2n) is 14.8. The van der Waals surface area contributed by atoms with E-state index in [9.17, 15) is 14.7 Å². The molecule has 6 fully saturated rings. The summed E-state index contributed by atoms with van der Waals surface area (Å²) in [6.45, 7) is 10.1. The monoisotopic (exact) mass is 528 g/mol. The highest BCUT2D eigenvalue weighted by Gasteiger charge is 2.60. The second kappa shape index (κ2) is 10.3. The Kier molecular flexibility index (Phi) is 7.27. The molecule has 0 aromatic heterocycles. The molecule has 0 bridgehead atoms. The maximum Gasteiger partial charge on any atom is 0.410 e. The lowest BCUT2D eigenvalue weighted by atomic mass is 9.44. The van der Waals surface area contributed by atoms with E-state index < -0.39 is 0 Å². The molecular formula is C32H52N2O4. The predicted molar refractivity (Wildman–Crippen MR) is 147 cm³/mol. The minimum atomic E-state index is -0.199. The average molecular weight is 529 g/mol. The smallest absolute Gasteiger partial charge is 0.410 e. The van der Waals surface area contributed by atoms with E-state index in [4.69, 9.17) is 4.74 Å². The first-order valence-electron chi connectivity index (χ1n) is 16.1. The van der Waals surface area contributed by atoms with Gasteiger partial charge in [-0.1, -0.05) is 20.8 Å². The summed E-state index contributed by atoms with van der Waals surface area (Å²) >= 11 is 0. The molecule has 6 rings (SSSR count). The van der Waals surface area contributed by atoms with Crippen molar-refractivity contribution in [1.82, 2.24) is 9.80 Å². The van der Waals surface area contributed by atoms with Crippen LogP contribution in [0.15, 0.2) is 0 Å². The van der Waals surface area contributed by atoms with Gasteiger partial charge in [-0.05, 0) is 123 Å². The van der Waals surface area contributed by atoms with Crippen molar-refractivity contribution >= 4 is 12.0 Å². The Morgan fingerprint density at radius 1 is 0.868 bits per heavy atom. The Morgan fingerprint density at radius 2 is 1.55 bits per heavy atom. The Labute approximate surface area is 230 Å². The number of ether oxygens (including phenoxy) is 1. The van der Waals surface area contributed by atoms with E-state index in [-0.39, 0.29) is 24.2 Å². The first-order valence-corrected chi connectivity index (χ1v) is 16.1. The third-order valence-electron chi connectivity index (χ3n) is 12.9. The van der Waals surface area contributed by atoms with E-state index in [0.717, 1.165) is 61.7 Å². The average Bonchev–Trinajstić information content (AvgIpc) is 3.65. The second-order valence-corrected chi connectivity index (χ2v) is 14.8. The van der Waals surface area contributed by atoms with Crippen molar-refractivity contribution in [3.63, 3.8) is 0 Å². The van der Waals surface area contributed by atoms with Gasteiger partial charge in [-0.3, -0.25) is 4.79 Å². The van der Waals surface area contributed by atoms with Crippen molar-refractivity contribution < 1.29 is 19.4 Å². The van der Waals surface area contributed by atoms with Gasteiger partial charge in [0.15, 0.2) is 0 Å². The molecule has 38 heavy (non-hydrogen) atoms. The molecular weight excluding hydrogens is 476 g/mol. The molecule has 0 spiro atoms. The molecule has 0 radical (unpaired) electrons. The van der Waals surface area contributed by atoms with Gasteiger partial charge in [-0.15, -0.1) is 0 Å². The van der Waals surface area contributed by atoms with E-state index in [1.807, 2.05) is 4.90 Å². The zero-order valence-corrected chi connectivity index (χ0v) is 24.2. The van der Waals surface area contributed by atoms with Crippen LogP contribution in [0.4, 0.5) is 4.79 Å². The van der Waals surface area contributed by atoms with Crippen molar-refractivity contribution in [3.8, 4) is 0 Å². The topological polar surface area (TPSA) is 70.1 Å². The lowest BCUT2D eigenvalue weighted by Crippen LogP contribution is -2.54. The van der Waals surface area contributed by atoms with Gasteiger partial charge in [0.05, 0.1) is 6.10 Å². The normalized spacial score (nSPS) is 43.6. The number of carbonyl (C=O) groups excluding carboxylic acids is 2. The largest absolute Gasteiger partial charge is 0.446 e. The van der Waals surface area contributed by atoms with Crippen LogP contribution in [-0.2, 0) is 9.53 Å². The van der Waals surface area contributed by atoms with Gasteiger partial charge in [0, 0.05) is 32.6 Å². The zero-order chi connectivity index (χ0) is 26.7. The summed E-state index contributed by atoms with van der Waals surface area (Å²) in [5, 5.41) is 10.3. The minimum absolute atomic E-state index is 0.0643. The quantitative estimate of drug-likeness (QED) is 0.485. The fourth-order valence-electron chi connectivity index (χ4n) is 10.5. The molecule has 6 heteroatoms. The van der Waals surface area contributed by atoms with E-state index in [2.05, 4.69) is 20.8 Å². The van der Waals surface area contributed by atoms with Crippen molar-refractivity contribution in [2.75, 3.05) is 26.2 Å².